The molecule has 0 aliphatic carbocycles. The normalized spacial score (nSPS) is 13.0. The Kier molecular flexibility index (Phi) is 3.98. The van der Waals surface area contributed by atoms with Gasteiger partial charge in [0.15, 0.2) is 0 Å². The van der Waals surface area contributed by atoms with Crippen LogP contribution in [0.25, 0.3) is 0 Å². The van der Waals surface area contributed by atoms with Gasteiger partial charge in [0.1, 0.15) is 6.07 Å². The second kappa shape index (κ2) is 4.88. The molecule has 0 spiro atoms. The van der Waals surface area contributed by atoms with E-state index in [4.69, 9.17) is 5.26 Å². The van der Waals surface area contributed by atoms with Crippen molar-refractivity contribution in [1.82, 2.24) is 0 Å². The second-order valence-electron chi connectivity index (χ2n) is 5.04. The van der Waals surface area contributed by atoms with Crippen LogP contribution in [0.15, 0.2) is 22.7 Å². The van der Waals surface area contributed by atoms with Gasteiger partial charge in [-0.05, 0) is 46.5 Å². The third-order valence-corrected chi connectivity index (χ3v) is 3.43. The lowest BCUT2D eigenvalue weighted by Gasteiger charge is -2.29. The molecule has 0 saturated carbocycles. The van der Waals surface area contributed by atoms with Crippen molar-refractivity contribution in [3.05, 3.63) is 28.2 Å². The molecule has 1 aromatic carbocycles. The SMILES string of the molecule is CC(Nc1ccc(C#N)c(Br)c1)C(C)(C)C. The highest BCUT2D eigenvalue weighted by Gasteiger charge is 2.19. The monoisotopic (exact) mass is 280 g/mol. The molecule has 1 unspecified atom stereocenters. The lowest BCUT2D eigenvalue weighted by atomic mass is 9.88. The van der Waals surface area contributed by atoms with Gasteiger partial charge in [0.25, 0.3) is 0 Å². The summed E-state index contributed by atoms with van der Waals surface area (Å²) in [7, 11) is 0. The van der Waals surface area contributed by atoms with E-state index in [-0.39, 0.29) is 5.41 Å². The molecule has 0 aliphatic rings. The van der Waals surface area contributed by atoms with Gasteiger partial charge in [-0.25, -0.2) is 0 Å². The predicted octanol–water partition coefficient (Wildman–Crippen LogP) is 4.17. The van der Waals surface area contributed by atoms with E-state index >= 15 is 0 Å². The number of nitriles is 1. The van der Waals surface area contributed by atoms with E-state index in [1.807, 2.05) is 18.2 Å². The number of anilines is 1. The highest BCUT2D eigenvalue weighted by molar-refractivity contribution is 9.10. The van der Waals surface area contributed by atoms with Crippen molar-refractivity contribution in [1.29, 1.82) is 5.26 Å². The minimum atomic E-state index is 0.209. The summed E-state index contributed by atoms with van der Waals surface area (Å²) in [6, 6.07) is 8.20. The first kappa shape index (κ1) is 13.1. The summed E-state index contributed by atoms with van der Waals surface area (Å²) in [5.74, 6) is 0. The van der Waals surface area contributed by atoms with E-state index in [1.54, 1.807) is 0 Å². The largest absolute Gasteiger partial charge is 0.382 e. The van der Waals surface area contributed by atoms with Gasteiger partial charge in [-0.3, -0.25) is 0 Å². The number of benzene rings is 1. The summed E-state index contributed by atoms with van der Waals surface area (Å²) >= 11 is 3.39. The fourth-order valence-corrected chi connectivity index (χ4v) is 1.63. The molecule has 0 aliphatic heterocycles. The Hall–Kier alpha value is -1.01. The van der Waals surface area contributed by atoms with Crippen molar-refractivity contribution in [2.24, 2.45) is 5.41 Å². The van der Waals surface area contributed by atoms with Crippen LogP contribution < -0.4 is 5.32 Å². The molecule has 1 aromatic rings. The Bertz CT molecular complexity index is 413. The molecule has 0 radical (unpaired) electrons. The van der Waals surface area contributed by atoms with Crippen LogP contribution in [0.5, 0.6) is 0 Å². The van der Waals surface area contributed by atoms with Crippen LogP contribution in [0.3, 0.4) is 0 Å². The molecule has 1 rings (SSSR count). The topological polar surface area (TPSA) is 35.8 Å². The summed E-state index contributed by atoms with van der Waals surface area (Å²) in [6.45, 7) is 8.75. The van der Waals surface area contributed by atoms with Gasteiger partial charge in [-0.2, -0.15) is 5.26 Å². The molecule has 0 fully saturated rings. The molecule has 0 heterocycles. The van der Waals surface area contributed by atoms with E-state index in [2.05, 4.69) is 55.0 Å². The molecule has 0 saturated heterocycles. The van der Waals surface area contributed by atoms with Crippen LogP contribution in [-0.4, -0.2) is 6.04 Å². The number of nitrogens with zero attached hydrogens (tertiary/aromatic N) is 1. The zero-order valence-corrected chi connectivity index (χ0v) is 11.7. The number of halogens is 1. The fraction of sp³-hybridized carbons (Fsp3) is 0.462. The van der Waals surface area contributed by atoms with Crippen LogP contribution in [0.2, 0.25) is 0 Å². The third-order valence-electron chi connectivity index (χ3n) is 2.77. The van der Waals surface area contributed by atoms with Gasteiger partial charge >= 0.3 is 0 Å². The summed E-state index contributed by atoms with van der Waals surface area (Å²) in [6.07, 6.45) is 0. The summed E-state index contributed by atoms with van der Waals surface area (Å²) in [4.78, 5) is 0. The average Bonchev–Trinajstić information content (AvgIpc) is 2.16. The molecular formula is C13H17BrN2. The first-order valence-electron chi connectivity index (χ1n) is 5.31. The van der Waals surface area contributed by atoms with Gasteiger partial charge < -0.3 is 5.32 Å². The Morgan fingerprint density at radius 2 is 2.00 bits per heavy atom. The zero-order chi connectivity index (χ0) is 12.3. The van der Waals surface area contributed by atoms with Crippen LogP contribution in [0.1, 0.15) is 33.3 Å². The van der Waals surface area contributed by atoms with Gasteiger partial charge in [0, 0.05) is 16.2 Å². The number of hydrogen-bond acceptors (Lipinski definition) is 2. The second-order valence-corrected chi connectivity index (χ2v) is 5.89. The smallest absolute Gasteiger partial charge is 0.100 e. The minimum Gasteiger partial charge on any atom is -0.382 e. The molecular weight excluding hydrogens is 264 g/mol. The number of hydrogen-bond donors (Lipinski definition) is 1. The standard InChI is InChI=1S/C13H17BrN2/c1-9(13(2,3)4)16-11-6-5-10(8-15)12(14)7-11/h5-7,9,16H,1-4H3. The van der Waals surface area contributed by atoms with Gasteiger partial charge in [-0.1, -0.05) is 20.8 Å². The molecule has 0 amide bonds. The maximum Gasteiger partial charge on any atom is 0.100 e. The van der Waals surface area contributed by atoms with Crippen molar-refractivity contribution in [2.75, 3.05) is 5.32 Å². The van der Waals surface area contributed by atoms with Crippen molar-refractivity contribution in [3.63, 3.8) is 0 Å². The van der Waals surface area contributed by atoms with Crippen molar-refractivity contribution < 1.29 is 0 Å². The van der Waals surface area contributed by atoms with E-state index in [0.717, 1.165) is 10.2 Å². The van der Waals surface area contributed by atoms with E-state index in [1.165, 1.54) is 0 Å². The molecule has 0 bridgehead atoms. The highest BCUT2D eigenvalue weighted by atomic mass is 79.9. The van der Waals surface area contributed by atoms with E-state index < -0.39 is 0 Å². The maximum absolute atomic E-state index is 8.82. The molecule has 1 atom stereocenters. The van der Waals surface area contributed by atoms with Crippen molar-refractivity contribution in [2.45, 2.75) is 33.7 Å². The molecule has 3 heteroatoms. The maximum atomic E-state index is 8.82. The molecule has 0 aromatic heterocycles. The van der Waals surface area contributed by atoms with Crippen LogP contribution >= 0.6 is 15.9 Å². The molecule has 2 nitrogen and oxygen atoms in total. The van der Waals surface area contributed by atoms with Crippen LogP contribution in [0, 0.1) is 16.7 Å². The molecule has 86 valence electrons. The van der Waals surface area contributed by atoms with Gasteiger partial charge in [-0.15, -0.1) is 0 Å². The Balaban J connectivity index is 2.85. The lowest BCUT2D eigenvalue weighted by molar-refractivity contribution is 0.359. The highest BCUT2D eigenvalue weighted by Crippen LogP contribution is 2.25. The van der Waals surface area contributed by atoms with Gasteiger partial charge in [0.05, 0.1) is 5.56 Å². The van der Waals surface area contributed by atoms with Crippen LogP contribution in [0.4, 0.5) is 5.69 Å². The third kappa shape index (κ3) is 3.24. The van der Waals surface area contributed by atoms with E-state index in [0.29, 0.717) is 11.6 Å². The first-order chi connectivity index (χ1) is 7.34. The average molecular weight is 281 g/mol. The van der Waals surface area contributed by atoms with E-state index in [9.17, 15) is 0 Å². The first-order valence-corrected chi connectivity index (χ1v) is 6.10. The fourth-order valence-electron chi connectivity index (χ4n) is 1.16. The predicted molar refractivity (Wildman–Crippen MR) is 71.4 cm³/mol. The Labute approximate surface area is 106 Å². The zero-order valence-electron chi connectivity index (χ0n) is 10.1. The summed E-state index contributed by atoms with van der Waals surface area (Å²) < 4.78 is 0.834. The van der Waals surface area contributed by atoms with Crippen molar-refractivity contribution >= 4 is 21.6 Å². The summed E-state index contributed by atoms with van der Waals surface area (Å²) in [5, 5.41) is 12.3. The van der Waals surface area contributed by atoms with Gasteiger partial charge in [0.2, 0.25) is 0 Å². The van der Waals surface area contributed by atoms with Crippen molar-refractivity contribution in [3.8, 4) is 6.07 Å². The van der Waals surface area contributed by atoms with Crippen LogP contribution in [-0.2, 0) is 0 Å². The Morgan fingerprint density at radius 3 is 2.44 bits per heavy atom. The summed E-state index contributed by atoms with van der Waals surface area (Å²) in [5.41, 5.74) is 1.91. The number of rotatable bonds is 2. The minimum absolute atomic E-state index is 0.209. The number of nitrogens with one attached hydrogen (secondary N) is 1. The molecule has 16 heavy (non-hydrogen) atoms. The lowest BCUT2D eigenvalue weighted by Crippen LogP contribution is -2.30. The Morgan fingerprint density at radius 1 is 1.38 bits per heavy atom. The quantitative estimate of drug-likeness (QED) is 0.883. The molecule has 1 N–H and O–H groups in total.